The Hall–Kier alpha value is -0.770. The molecule has 1 aromatic heterocycles. The minimum atomic E-state index is 0.358. The van der Waals surface area contributed by atoms with Crippen LogP contribution in [0.4, 0.5) is 0 Å². The van der Waals surface area contributed by atoms with Gasteiger partial charge in [0.1, 0.15) is 0 Å². The second-order valence-electron chi connectivity index (χ2n) is 2.39. The zero-order chi connectivity index (χ0) is 7.68. The summed E-state index contributed by atoms with van der Waals surface area (Å²) >= 11 is 1.73. The van der Waals surface area contributed by atoms with Gasteiger partial charge in [-0.15, -0.1) is 22.0 Å². The third-order valence-electron chi connectivity index (χ3n) is 1.51. The first-order chi connectivity index (χ1) is 5.36. The molecule has 0 bridgehead atoms. The quantitative estimate of drug-likeness (QED) is 0.643. The second kappa shape index (κ2) is 2.70. The van der Waals surface area contributed by atoms with Crippen molar-refractivity contribution in [3.63, 3.8) is 0 Å². The summed E-state index contributed by atoms with van der Waals surface area (Å²) in [7, 11) is 0. The highest BCUT2D eigenvalue weighted by molar-refractivity contribution is 8.02. The molecule has 1 aromatic rings. The van der Waals surface area contributed by atoms with Gasteiger partial charge in [-0.2, -0.15) is 0 Å². The monoisotopic (exact) mass is 168 g/mol. The van der Waals surface area contributed by atoms with Crippen molar-refractivity contribution in [1.29, 1.82) is 0 Å². The fraction of sp³-hybridized carbons (Fsp3) is 0.429. The fourth-order valence-electron chi connectivity index (χ4n) is 0.986. The lowest BCUT2D eigenvalue weighted by Crippen LogP contribution is -1.87. The van der Waals surface area contributed by atoms with Crippen LogP contribution in [0.15, 0.2) is 15.9 Å². The summed E-state index contributed by atoms with van der Waals surface area (Å²) in [5.74, 6) is 1.39. The van der Waals surface area contributed by atoms with E-state index in [1.807, 2.05) is 6.92 Å². The van der Waals surface area contributed by atoms with Gasteiger partial charge in [0.05, 0.1) is 5.25 Å². The lowest BCUT2D eigenvalue weighted by atomic mass is 10.3. The van der Waals surface area contributed by atoms with Crippen molar-refractivity contribution in [3.8, 4) is 0 Å². The fourth-order valence-corrected chi connectivity index (χ4v) is 1.83. The van der Waals surface area contributed by atoms with Crippen molar-refractivity contribution in [3.05, 3.63) is 23.3 Å². The zero-order valence-corrected chi connectivity index (χ0v) is 6.97. The first kappa shape index (κ1) is 6.91. The van der Waals surface area contributed by atoms with Crippen LogP contribution in [-0.2, 0) is 0 Å². The average molecular weight is 168 g/mol. The van der Waals surface area contributed by atoms with E-state index >= 15 is 0 Å². The topological polar surface area (TPSA) is 38.9 Å². The van der Waals surface area contributed by atoms with E-state index in [1.54, 1.807) is 11.8 Å². The molecule has 0 saturated carbocycles. The van der Waals surface area contributed by atoms with Gasteiger partial charge in [-0.1, -0.05) is 6.08 Å². The first-order valence-corrected chi connectivity index (χ1v) is 4.41. The van der Waals surface area contributed by atoms with Gasteiger partial charge in [-0.3, -0.25) is 0 Å². The number of nitrogens with zero attached hydrogens (tertiary/aromatic N) is 2. The Bertz CT molecular complexity index is 274. The SMILES string of the molecule is Cc1nnc(C2CC=CS2)o1. The molecule has 1 unspecified atom stereocenters. The van der Waals surface area contributed by atoms with E-state index in [1.165, 1.54) is 0 Å². The molecule has 0 fully saturated rings. The molecular formula is C7H8N2OS. The largest absolute Gasteiger partial charge is 0.424 e. The van der Waals surface area contributed by atoms with Crippen molar-refractivity contribution in [1.82, 2.24) is 10.2 Å². The molecule has 0 amide bonds. The van der Waals surface area contributed by atoms with E-state index in [-0.39, 0.29) is 0 Å². The lowest BCUT2D eigenvalue weighted by molar-refractivity contribution is 0.466. The summed E-state index contributed by atoms with van der Waals surface area (Å²) < 4.78 is 5.28. The molecule has 0 saturated heterocycles. The summed E-state index contributed by atoms with van der Waals surface area (Å²) in [6.45, 7) is 1.81. The molecule has 0 aromatic carbocycles. The molecule has 0 aliphatic carbocycles. The Labute approximate surface area is 68.9 Å². The van der Waals surface area contributed by atoms with Gasteiger partial charge in [0, 0.05) is 6.92 Å². The van der Waals surface area contributed by atoms with Crippen molar-refractivity contribution in [2.75, 3.05) is 0 Å². The van der Waals surface area contributed by atoms with Crippen molar-refractivity contribution in [2.24, 2.45) is 0 Å². The highest BCUT2D eigenvalue weighted by atomic mass is 32.2. The van der Waals surface area contributed by atoms with E-state index in [0.717, 1.165) is 12.3 Å². The molecule has 3 nitrogen and oxygen atoms in total. The molecule has 1 aliphatic heterocycles. The molecular weight excluding hydrogens is 160 g/mol. The van der Waals surface area contributed by atoms with Crippen molar-refractivity contribution < 1.29 is 4.42 Å². The molecule has 0 radical (unpaired) electrons. The summed E-state index contributed by atoms with van der Waals surface area (Å²) in [5, 5.41) is 10.2. The number of hydrogen-bond acceptors (Lipinski definition) is 4. The normalized spacial score (nSPS) is 22.8. The predicted octanol–water partition coefficient (Wildman–Crippen LogP) is 2.07. The average Bonchev–Trinajstić information content (AvgIpc) is 2.55. The van der Waals surface area contributed by atoms with E-state index in [4.69, 9.17) is 4.42 Å². The molecule has 0 N–H and O–H groups in total. The van der Waals surface area contributed by atoms with Crippen molar-refractivity contribution in [2.45, 2.75) is 18.6 Å². The predicted molar refractivity (Wildman–Crippen MR) is 43.1 cm³/mol. The van der Waals surface area contributed by atoms with E-state index in [0.29, 0.717) is 11.1 Å². The molecule has 1 aliphatic rings. The number of thioether (sulfide) groups is 1. The maximum atomic E-state index is 5.28. The minimum Gasteiger partial charge on any atom is -0.424 e. The van der Waals surface area contributed by atoms with Crippen LogP contribution < -0.4 is 0 Å². The van der Waals surface area contributed by atoms with Gasteiger partial charge >= 0.3 is 0 Å². The van der Waals surface area contributed by atoms with Crippen LogP contribution in [0, 0.1) is 6.92 Å². The van der Waals surface area contributed by atoms with Crippen LogP contribution in [0.5, 0.6) is 0 Å². The molecule has 2 heterocycles. The smallest absolute Gasteiger partial charge is 0.230 e. The van der Waals surface area contributed by atoms with Crippen LogP contribution in [0.3, 0.4) is 0 Å². The minimum absolute atomic E-state index is 0.358. The van der Waals surface area contributed by atoms with Gasteiger partial charge < -0.3 is 4.42 Å². The highest BCUT2D eigenvalue weighted by Crippen LogP contribution is 2.37. The molecule has 11 heavy (non-hydrogen) atoms. The Morgan fingerprint density at radius 3 is 3.09 bits per heavy atom. The third-order valence-corrected chi connectivity index (χ3v) is 2.58. The van der Waals surface area contributed by atoms with Gasteiger partial charge in [-0.25, -0.2) is 0 Å². The highest BCUT2D eigenvalue weighted by Gasteiger charge is 2.18. The first-order valence-electron chi connectivity index (χ1n) is 3.47. The van der Waals surface area contributed by atoms with Crippen LogP contribution in [-0.4, -0.2) is 10.2 Å². The van der Waals surface area contributed by atoms with E-state index < -0.39 is 0 Å². The van der Waals surface area contributed by atoms with Gasteiger partial charge in [0.15, 0.2) is 0 Å². The van der Waals surface area contributed by atoms with E-state index in [2.05, 4.69) is 21.7 Å². The maximum Gasteiger partial charge on any atom is 0.230 e. The number of aryl methyl sites for hydroxylation is 1. The Morgan fingerprint density at radius 2 is 2.55 bits per heavy atom. The summed E-state index contributed by atoms with van der Waals surface area (Å²) in [5.41, 5.74) is 0. The molecule has 58 valence electrons. The van der Waals surface area contributed by atoms with Crippen LogP contribution in [0.2, 0.25) is 0 Å². The van der Waals surface area contributed by atoms with Crippen LogP contribution in [0.25, 0.3) is 0 Å². The molecule has 1 atom stereocenters. The zero-order valence-electron chi connectivity index (χ0n) is 6.15. The lowest BCUT2D eigenvalue weighted by Gasteiger charge is -1.99. The van der Waals surface area contributed by atoms with Crippen LogP contribution >= 0.6 is 11.8 Å². The number of rotatable bonds is 1. The van der Waals surface area contributed by atoms with Gasteiger partial charge in [0.25, 0.3) is 0 Å². The van der Waals surface area contributed by atoms with Gasteiger partial charge in [-0.05, 0) is 11.8 Å². The van der Waals surface area contributed by atoms with Gasteiger partial charge in [0.2, 0.25) is 11.8 Å². The van der Waals surface area contributed by atoms with E-state index in [9.17, 15) is 0 Å². The molecule has 0 spiro atoms. The standard InChI is InChI=1S/C7H8N2OS/c1-5-8-9-7(10-5)6-3-2-4-11-6/h2,4,6H,3H2,1H3. The number of aromatic nitrogens is 2. The number of hydrogen-bond donors (Lipinski definition) is 0. The second-order valence-corrected chi connectivity index (χ2v) is 3.50. The summed E-state index contributed by atoms with van der Waals surface area (Å²) in [6.07, 6.45) is 3.13. The third kappa shape index (κ3) is 1.30. The van der Waals surface area contributed by atoms with Crippen LogP contribution in [0.1, 0.15) is 23.5 Å². The van der Waals surface area contributed by atoms with Crippen molar-refractivity contribution >= 4 is 11.8 Å². The maximum absolute atomic E-state index is 5.28. The number of allylic oxidation sites excluding steroid dienone is 1. The summed E-state index contributed by atoms with van der Waals surface area (Å²) in [4.78, 5) is 0. The molecule has 2 rings (SSSR count). The Morgan fingerprint density at radius 1 is 1.64 bits per heavy atom. The molecule has 4 heteroatoms. The Kier molecular flexibility index (Phi) is 1.69. The Balaban J connectivity index is 2.17. The summed E-state index contributed by atoms with van der Waals surface area (Å²) in [6, 6.07) is 0.